The summed E-state index contributed by atoms with van der Waals surface area (Å²) in [6.07, 6.45) is 2.41. The van der Waals surface area contributed by atoms with Gasteiger partial charge in [-0.05, 0) is 49.1 Å². The predicted molar refractivity (Wildman–Crippen MR) is 112 cm³/mol. The van der Waals surface area contributed by atoms with Crippen molar-refractivity contribution in [1.29, 1.82) is 0 Å². The average molecular weight is 393 g/mol. The fourth-order valence-electron chi connectivity index (χ4n) is 3.65. The lowest BCUT2D eigenvalue weighted by atomic mass is 10.2. The fourth-order valence-corrected chi connectivity index (χ4v) is 3.65. The molecule has 1 fully saturated rings. The van der Waals surface area contributed by atoms with Gasteiger partial charge in [0.25, 0.3) is 0 Å². The third-order valence-corrected chi connectivity index (χ3v) is 5.29. The second-order valence-corrected chi connectivity index (χ2v) is 7.23. The largest absolute Gasteiger partial charge is 0.492 e. The summed E-state index contributed by atoms with van der Waals surface area (Å²) in [5.74, 6) is 1.62. The van der Waals surface area contributed by atoms with Crippen LogP contribution in [0.5, 0.6) is 5.75 Å². The Morgan fingerprint density at radius 1 is 1.24 bits per heavy atom. The summed E-state index contributed by atoms with van der Waals surface area (Å²) in [6.45, 7) is 4.35. The van der Waals surface area contributed by atoms with E-state index in [0.29, 0.717) is 26.3 Å². The van der Waals surface area contributed by atoms with Crippen LogP contribution in [0.2, 0.25) is 0 Å². The molecule has 6 heteroatoms. The van der Waals surface area contributed by atoms with Gasteiger partial charge in [0.2, 0.25) is 5.91 Å². The molecule has 2 heterocycles. The minimum absolute atomic E-state index is 0.0617. The first-order valence-corrected chi connectivity index (χ1v) is 10.3. The van der Waals surface area contributed by atoms with Crippen LogP contribution in [-0.4, -0.2) is 34.8 Å². The van der Waals surface area contributed by atoms with Crippen LogP contribution in [0, 0.1) is 0 Å². The van der Waals surface area contributed by atoms with Crippen molar-refractivity contribution in [3.8, 4) is 5.75 Å². The molecule has 152 valence electrons. The minimum Gasteiger partial charge on any atom is -0.492 e. The number of hydrogen-bond acceptors (Lipinski definition) is 4. The second kappa shape index (κ2) is 9.09. The van der Waals surface area contributed by atoms with Crippen LogP contribution in [0.15, 0.2) is 48.5 Å². The number of rotatable bonds is 8. The van der Waals surface area contributed by atoms with Gasteiger partial charge in [-0.1, -0.05) is 31.2 Å². The third kappa shape index (κ3) is 4.59. The van der Waals surface area contributed by atoms with Gasteiger partial charge in [-0.25, -0.2) is 4.98 Å². The maximum absolute atomic E-state index is 12.3. The Bertz CT molecular complexity index is 959. The summed E-state index contributed by atoms with van der Waals surface area (Å²) in [7, 11) is 0. The number of ether oxygens (including phenoxy) is 2. The summed E-state index contributed by atoms with van der Waals surface area (Å²) in [5, 5.41) is 2.97. The van der Waals surface area contributed by atoms with E-state index in [1.165, 1.54) is 5.56 Å². The molecule has 29 heavy (non-hydrogen) atoms. The number of para-hydroxylation sites is 2. The third-order valence-electron chi connectivity index (χ3n) is 5.29. The van der Waals surface area contributed by atoms with Crippen LogP contribution < -0.4 is 10.1 Å². The van der Waals surface area contributed by atoms with E-state index < -0.39 is 0 Å². The number of aryl methyl sites for hydroxylation is 1. The topological polar surface area (TPSA) is 65.4 Å². The molecule has 1 amide bonds. The van der Waals surface area contributed by atoms with Gasteiger partial charge >= 0.3 is 0 Å². The zero-order valence-electron chi connectivity index (χ0n) is 16.8. The SMILES string of the molecule is CCc1ccc(OCCn2c(CNC(=O)C3CCCO3)nc3ccccc32)cc1. The summed E-state index contributed by atoms with van der Waals surface area (Å²) in [5.41, 5.74) is 3.25. The van der Waals surface area contributed by atoms with Gasteiger partial charge < -0.3 is 19.4 Å². The van der Waals surface area contributed by atoms with Crippen molar-refractivity contribution in [1.82, 2.24) is 14.9 Å². The monoisotopic (exact) mass is 393 g/mol. The Morgan fingerprint density at radius 2 is 2.07 bits per heavy atom. The van der Waals surface area contributed by atoms with Crippen molar-refractivity contribution in [2.75, 3.05) is 13.2 Å². The van der Waals surface area contributed by atoms with Crippen molar-refractivity contribution < 1.29 is 14.3 Å². The Morgan fingerprint density at radius 3 is 2.83 bits per heavy atom. The molecule has 1 aliphatic heterocycles. The molecule has 3 aromatic rings. The molecule has 6 nitrogen and oxygen atoms in total. The van der Waals surface area contributed by atoms with Crippen LogP contribution >= 0.6 is 0 Å². The Kier molecular flexibility index (Phi) is 6.10. The molecule has 0 saturated carbocycles. The first kappa shape index (κ1) is 19.5. The standard InChI is InChI=1S/C23H27N3O3/c1-2-17-9-11-18(12-10-17)28-15-13-26-20-7-4-3-6-19(20)25-22(26)16-24-23(27)21-8-5-14-29-21/h3-4,6-7,9-12,21H,2,5,8,13-16H2,1H3,(H,24,27). The number of carbonyl (C=O) groups excluding carboxylic acids is 1. The van der Waals surface area contributed by atoms with Crippen molar-refractivity contribution in [2.45, 2.75) is 45.4 Å². The van der Waals surface area contributed by atoms with Crippen LogP contribution in [0.25, 0.3) is 11.0 Å². The molecule has 1 aliphatic rings. The second-order valence-electron chi connectivity index (χ2n) is 7.23. The van der Waals surface area contributed by atoms with E-state index in [2.05, 4.69) is 28.9 Å². The number of nitrogens with zero attached hydrogens (tertiary/aromatic N) is 2. The highest BCUT2D eigenvalue weighted by Gasteiger charge is 2.23. The minimum atomic E-state index is -0.331. The first-order valence-electron chi connectivity index (χ1n) is 10.3. The lowest BCUT2D eigenvalue weighted by Crippen LogP contribution is -2.34. The smallest absolute Gasteiger partial charge is 0.249 e. The van der Waals surface area contributed by atoms with E-state index in [-0.39, 0.29) is 12.0 Å². The molecule has 1 saturated heterocycles. The normalized spacial score (nSPS) is 16.2. The lowest BCUT2D eigenvalue weighted by Gasteiger charge is -2.13. The molecule has 1 N–H and O–H groups in total. The molecule has 0 radical (unpaired) electrons. The highest BCUT2D eigenvalue weighted by molar-refractivity contribution is 5.81. The summed E-state index contributed by atoms with van der Waals surface area (Å²) < 4.78 is 13.5. The highest BCUT2D eigenvalue weighted by Crippen LogP contribution is 2.18. The Labute approximate surface area is 170 Å². The van der Waals surface area contributed by atoms with Gasteiger partial charge in [-0.15, -0.1) is 0 Å². The molecule has 1 atom stereocenters. The van der Waals surface area contributed by atoms with E-state index in [1.807, 2.05) is 36.4 Å². The van der Waals surface area contributed by atoms with Gasteiger partial charge in [0, 0.05) is 6.61 Å². The molecule has 1 unspecified atom stereocenters. The first-order chi connectivity index (χ1) is 14.2. The van der Waals surface area contributed by atoms with E-state index in [1.54, 1.807) is 0 Å². The molecule has 2 aromatic carbocycles. The number of fused-ring (bicyclic) bond motifs is 1. The number of carbonyl (C=O) groups is 1. The zero-order chi connectivity index (χ0) is 20.1. The van der Waals surface area contributed by atoms with Crippen molar-refractivity contribution >= 4 is 16.9 Å². The van der Waals surface area contributed by atoms with Crippen molar-refractivity contribution in [2.24, 2.45) is 0 Å². The molecular weight excluding hydrogens is 366 g/mol. The molecule has 0 spiro atoms. The van der Waals surface area contributed by atoms with Gasteiger partial charge in [-0.3, -0.25) is 4.79 Å². The summed E-state index contributed by atoms with van der Waals surface area (Å²) >= 11 is 0. The van der Waals surface area contributed by atoms with Gasteiger partial charge in [0.05, 0.1) is 24.1 Å². The van der Waals surface area contributed by atoms with E-state index in [4.69, 9.17) is 14.5 Å². The van der Waals surface area contributed by atoms with Crippen molar-refractivity contribution in [3.05, 3.63) is 59.9 Å². The molecule has 0 aliphatic carbocycles. The van der Waals surface area contributed by atoms with E-state index in [0.717, 1.165) is 41.9 Å². The summed E-state index contributed by atoms with van der Waals surface area (Å²) in [6, 6.07) is 16.2. The number of imidazole rings is 1. The van der Waals surface area contributed by atoms with E-state index >= 15 is 0 Å². The number of aromatic nitrogens is 2. The van der Waals surface area contributed by atoms with Crippen LogP contribution in [0.3, 0.4) is 0 Å². The lowest BCUT2D eigenvalue weighted by molar-refractivity contribution is -0.130. The Hall–Kier alpha value is -2.86. The predicted octanol–water partition coefficient (Wildman–Crippen LogP) is 3.47. The van der Waals surface area contributed by atoms with Gasteiger partial charge in [0.15, 0.2) is 0 Å². The highest BCUT2D eigenvalue weighted by atomic mass is 16.5. The average Bonchev–Trinajstić information content (AvgIpc) is 3.41. The maximum atomic E-state index is 12.3. The number of nitrogens with one attached hydrogen (secondary N) is 1. The number of amides is 1. The van der Waals surface area contributed by atoms with Crippen molar-refractivity contribution in [3.63, 3.8) is 0 Å². The molecule has 1 aromatic heterocycles. The fraction of sp³-hybridized carbons (Fsp3) is 0.391. The number of hydrogen-bond donors (Lipinski definition) is 1. The number of benzene rings is 2. The molecular formula is C23H27N3O3. The maximum Gasteiger partial charge on any atom is 0.249 e. The zero-order valence-corrected chi connectivity index (χ0v) is 16.8. The quantitative estimate of drug-likeness (QED) is 0.636. The molecule has 4 rings (SSSR count). The van der Waals surface area contributed by atoms with Crippen LogP contribution in [-0.2, 0) is 29.0 Å². The molecule has 0 bridgehead atoms. The summed E-state index contributed by atoms with van der Waals surface area (Å²) in [4.78, 5) is 17.0. The van der Waals surface area contributed by atoms with E-state index in [9.17, 15) is 4.79 Å². The Balaban J connectivity index is 1.43. The van der Waals surface area contributed by atoms with Gasteiger partial charge in [0.1, 0.15) is 24.3 Å². The van der Waals surface area contributed by atoms with Crippen LogP contribution in [0.4, 0.5) is 0 Å². The van der Waals surface area contributed by atoms with Crippen LogP contribution in [0.1, 0.15) is 31.2 Å². The van der Waals surface area contributed by atoms with Gasteiger partial charge in [-0.2, -0.15) is 0 Å².